The van der Waals surface area contributed by atoms with Crippen LogP contribution >= 0.6 is 11.3 Å². The molecule has 0 aliphatic rings. The molecule has 108 valence electrons. The lowest BCUT2D eigenvalue weighted by molar-refractivity contribution is 0.146. The number of anilines is 1. The summed E-state index contributed by atoms with van der Waals surface area (Å²) in [5, 5.41) is 1.72. The number of hydrogen-bond donors (Lipinski definition) is 1. The Hall–Kier alpha value is -1.57. The summed E-state index contributed by atoms with van der Waals surface area (Å²) in [7, 11) is -1.89. The molecule has 1 N–H and O–H groups in total. The topological polar surface area (TPSA) is 64.6 Å². The molecule has 0 radical (unpaired) electrons. The maximum absolute atomic E-state index is 12.0. The molecule has 7 heteroatoms. The molecule has 0 fully saturated rings. The summed E-state index contributed by atoms with van der Waals surface area (Å²) in [4.78, 5) is 0. The van der Waals surface area contributed by atoms with E-state index in [-0.39, 0.29) is 4.21 Å². The summed E-state index contributed by atoms with van der Waals surface area (Å²) in [6, 6.07) is 10.0. The van der Waals surface area contributed by atoms with Gasteiger partial charge in [0.1, 0.15) is 16.6 Å². The minimum absolute atomic E-state index is 0.290. The van der Waals surface area contributed by atoms with Crippen LogP contribution in [0.15, 0.2) is 46.0 Å². The van der Waals surface area contributed by atoms with Crippen molar-refractivity contribution in [3.05, 3.63) is 41.8 Å². The summed E-state index contributed by atoms with van der Waals surface area (Å²) in [5.41, 5.74) is 0.498. The number of benzene rings is 1. The van der Waals surface area contributed by atoms with Gasteiger partial charge in [0.25, 0.3) is 10.0 Å². The van der Waals surface area contributed by atoms with Gasteiger partial charge in [-0.2, -0.15) is 0 Å². The number of thiophene rings is 1. The van der Waals surface area contributed by atoms with E-state index in [1.54, 1.807) is 48.9 Å². The van der Waals surface area contributed by atoms with E-state index in [1.165, 1.54) is 11.3 Å². The largest absolute Gasteiger partial charge is 0.491 e. The molecule has 1 heterocycles. The number of ether oxygens (including phenoxy) is 2. The highest BCUT2D eigenvalue weighted by atomic mass is 32.2. The highest BCUT2D eigenvalue weighted by molar-refractivity contribution is 7.94. The molecule has 2 rings (SSSR count). The summed E-state index contributed by atoms with van der Waals surface area (Å²) in [5.74, 6) is 0.668. The zero-order chi connectivity index (χ0) is 14.4. The zero-order valence-corrected chi connectivity index (χ0v) is 12.5. The van der Waals surface area contributed by atoms with Crippen molar-refractivity contribution in [2.45, 2.75) is 4.21 Å². The molecular formula is C13H15NO4S2. The molecule has 1 aromatic carbocycles. The second-order valence-corrected chi connectivity index (χ2v) is 6.76. The van der Waals surface area contributed by atoms with Crippen molar-refractivity contribution in [1.29, 1.82) is 0 Å². The lowest BCUT2D eigenvalue weighted by atomic mass is 10.3. The number of nitrogens with one attached hydrogen (secondary N) is 1. The first kappa shape index (κ1) is 14.8. The Morgan fingerprint density at radius 3 is 2.50 bits per heavy atom. The number of hydrogen-bond acceptors (Lipinski definition) is 5. The smallest absolute Gasteiger partial charge is 0.271 e. The molecule has 20 heavy (non-hydrogen) atoms. The third-order valence-corrected chi connectivity index (χ3v) is 5.20. The maximum Gasteiger partial charge on any atom is 0.271 e. The second-order valence-electron chi connectivity index (χ2n) is 3.90. The molecule has 5 nitrogen and oxygen atoms in total. The first-order valence-electron chi connectivity index (χ1n) is 5.90. The van der Waals surface area contributed by atoms with Crippen LogP contribution in [0.1, 0.15) is 0 Å². The molecule has 0 unspecified atom stereocenters. The summed E-state index contributed by atoms with van der Waals surface area (Å²) < 4.78 is 37.1. The Labute approximate surface area is 122 Å². The normalized spacial score (nSPS) is 11.2. The third kappa shape index (κ3) is 3.96. The molecule has 1 aromatic heterocycles. The molecule has 0 amide bonds. The van der Waals surface area contributed by atoms with E-state index in [9.17, 15) is 8.42 Å². The first-order chi connectivity index (χ1) is 9.62. The van der Waals surface area contributed by atoms with E-state index in [0.717, 1.165) is 0 Å². The third-order valence-electron chi connectivity index (χ3n) is 2.42. The van der Waals surface area contributed by atoms with Crippen molar-refractivity contribution >= 4 is 27.0 Å². The van der Waals surface area contributed by atoms with Crippen LogP contribution in [0, 0.1) is 0 Å². The highest BCUT2D eigenvalue weighted by Gasteiger charge is 2.14. The molecule has 0 aliphatic heterocycles. The molecule has 0 atom stereocenters. The standard InChI is InChI=1S/C13H15NO4S2/c1-17-8-9-18-12-6-4-11(5-7-12)14-20(15,16)13-3-2-10-19-13/h2-7,10,14H,8-9H2,1H3. The Morgan fingerprint density at radius 1 is 1.15 bits per heavy atom. The van der Waals surface area contributed by atoms with Crippen LogP contribution in [-0.2, 0) is 14.8 Å². The van der Waals surface area contributed by atoms with E-state index in [0.29, 0.717) is 24.7 Å². The van der Waals surface area contributed by atoms with Gasteiger partial charge in [0, 0.05) is 12.8 Å². The minimum Gasteiger partial charge on any atom is -0.491 e. The SMILES string of the molecule is COCCOc1ccc(NS(=O)(=O)c2cccs2)cc1. The highest BCUT2D eigenvalue weighted by Crippen LogP contribution is 2.21. The van der Waals surface area contributed by atoms with Gasteiger partial charge < -0.3 is 9.47 Å². The monoisotopic (exact) mass is 313 g/mol. The van der Waals surface area contributed by atoms with Gasteiger partial charge in [-0.3, -0.25) is 4.72 Å². The van der Waals surface area contributed by atoms with Crippen molar-refractivity contribution < 1.29 is 17.9 Å². The van der Waals surface area contributed by atoms with Crippen LogP contribution in [0.4, 0.5) is 5.69 Å². The van der Waals surface area contributed by atoms with Crippen molar-refractivity contribution in [1.82, 2.24) is 0 Å². The maximum atomic E-state index is 12.0. The van der Waals surface area contributed by atoms with Gasteiger partial charge in [-0.15, -0.1) is 11.3 Å². The summed E-state index contributed by atoms with van der Waals surface area (Å²) in [6.07, 6.45) is 0. The van der Waals surface area contributed by atoms with Crippen LogP contribution in [0.25, 0.3) is 0 Å². The number of rotatable bonds is 7. The Kier molecular flexibility index (Phi) is 4.99. The van der Waals surface area contributed by atoms with Gasteiger partial charge in [0.2, 0.25) is 0 Å². The Balaban J connectivity index is 2.00. The number of sulfonamides is 1. The van der Waals surface area contributed by atoms with Crippen LogP contribution in [-0.4, -0.2) is 28.7 Å². The number of methoxy groups -OCH3 is 1. The molecule has 0 spiro atoms. The fourth-order valence-electron chi connectivity index (χ4n) is 1.48. The first-order valence-corrected chi connectivity index (χ1v) is 8.26. The molecular weight excluding hydrogens is 298 g/mol. The fraction of sp³-hybridized carbons (Fsp3) is 0.231. The van der Waals surface area contributed by atoms with E-state index in [4.69, 9.17) is 9.47 Å². The molecule has 0 bridgehead atoms. The van der Waals surface area contributed by atoms with Gasteiger partial charge in [0.05, 0.1) is 6.61 Å². The van der Waals surface area contributed by atoms with Crippen molar-refractivity contribution in [2.75, 3.05) is 25.0 Å². The van der Waals surface area contributed by atoms with Gasteiger partial charge >= 0.3 is 0 Å². The van der Waals surface area contributed by atoms with Crippen LogP contribution in [0.5, 0.6) is 5.75 Å². The van der Waals surface area contributed by atoms with Crippen LogP contribution in [0.3, 0.4) is 0 Å². The van der Waals surface area contributed by atoms with E-state index in [1.807, 2.05) is 0 Å². The van der Waals surface area contributed by atoms with Gasteiger partial charge in [-0.05, 0) is 35.7 Å². The average molecular weight is 313 g/mol. The van der Waals surface area contributed by atoms with Crippen LogP contribution < -0.4 is 9.46 Å². The van der Waals surface area contributed by atoms with Gasteiger partial charge in [0.15, 0.2) is 0 Å². The van der Waals surface area contributed by atoms with E-state index >= 15 is 0 Å². The Morgan fingerprint density at radius 2 is 1.90 bits per heavy atom. The van der Waals surface area contributed by atoms with Crippen molar-refractivity contribution in [3.63, 3.8) is 0 Å². The van der Waals surface area contributed by atoms with E-state index in [2.05, 4.69) is 4.72 Å². The molecule has 2 aromatic rings. The predicted octanol–water partition coefficient (Wildman–Crippen LogP) is 2.57. The molecule has 0 aliphatic carbocycles. The lowest BCUT2D eigenvalue weighted by Gasteiger charge is -2.08. The van der Waals surface area contributed by atoms with Gasteiger partial charge in [-0.25, -0.2) is 8.42 Å². The summed E-state index contributed by atoms with van der Waals surface area (Å²) in [6.45, 7) is 0.962. The predicted molar refractivity (Wildman–Crippen MR) is 78.9 cm³/mol. The van der Waals surface area contributed by atoms with Crippen molar-refractivity contribution in [3.8, 4) is 5.75 Å². The quantitative estimate of drug-likeness (QED) is 0.798. The van der Waals surface area contributed by atoms with Gasteiger partial charge in [-0.1, -0.05) is 6.07 Å². The fourth-order valence-corrected chi connectivity index (χ4v) is 3.54. The second kappa shape index (κ2) is 6.74. The molecule has 0 saturated heterocycles. The molecule has 0 saturated carbocycles. The van der Waals surface area contributed by atoms with E-state index < -0.39 is 10.0 Å². The lowest BCUT2D eigenvalue weighted by Crippen LogP contribution is -2.11. The minimum atomic E-state index is -3.50. The average Bonchev–Trinajstić information content (AvgIpc) is 2.95. The van der Waals surface area contributed by atoms with Crippen molar-refractivity contribution in [2.24, 2.45) is 0 Å². The Bertz CT molecular complexity index is 621. The summed E-state index contributed by atoms with van der Waals surface area (Å²) >= 11 is 1.18. The zero-order valence-electron chi connectivity index (χ0n) is 10.9. The van der Waals surface area contributed by atoms with Crippen LogP contribution in [0.2, 0.25) is 0 Å².